The molecule has 28 heavy (non-hydrogen) atoms. The summed E-state index contributed by atoms with van der Waals surface area (Å²) in [6, 6.07) is 8.14. The molecule has 0 fully saturated rings. The van der Waals surface area contributed by atoms with Gasteiger partial charge in [-0.25, -0.2) is 4.98 Å². The number of carbonyl (C=O) groups excluding carboxylic acids is 1. The third-order valence-corrected chi connectivity index (χ3v) is 5.06. The molecule has 0 radical (unpaired) electrons. The van der Waals surface area contributed by atoms with Gasteiger partial charge in [-0.05, 0) is 37.0 Å². The van der Waals surface area contributed by atoms with E-state index in [4.69, 9.17) is 16.6 Å². The maximum Gasteiger partial charge on any atom is 0.152 e. The highest BCUT2D eigenvalue weighted by Gasteiger charge is 2.20. The van der Waals surface area contributed by atoms with Gasteiger partial charge >= 0.3 is 0 Å². The van der Waals surface area contributed by atoms with Crippen LogP contribution < -0.4 is 0 Å². The number of rotatable bonds is 7. The predicted molar refractivity (Wildman–Crippen MR) is 117 cm³/mol. The lowest BCUT2D eigenvalue weighted by Gasteiger charge is -2.14. The Morgan fingerprint density at radius 3 is 2.61 bits per heavy atom. The normalized spacial score (nSPS) is 15.6. The molecule has 1 aliphatic carbocycles. The van der Waals surface area contributed by atoms with Crippen molar-refractivity contribution in [3.8, 4) is 0 Å². The first-order chi connectivity index (χ1) is 13.6. The zero-order chi connectivity index (χ0) is 19.9. The van der Waals surface area contributed by atoms with Crippen LogP contribution in [0.5, 0.6) is 0 Å². The van der Waals surface area contributed by atoms with Crippen molar-refractivity contribution in [3.05, 3.63) is 64.8 Å². The van der Waals surface area contributed by atoms with Gasteiger partial charge in [0.25, 0.3) is 0 Å². The monoisotopic (exact) mass is 395 g/mol. The Morgan fingerprint density at radius 1 is 1.21 bits per heavy atom. The van der Waals surface area contributed by atoms with Gasteiger partial charge in [0, 0.05) is 37.2 Å². The van der Waals surface area contributed by atoms with Crippen LogP contribution in [0.15, 0.2) is 41.4 Å². The number of carbonyl (C=O) groups is 1. The maximum absolute atomic E-state index is 11.0. The van der Waals surface area contributed by atoms with Gasteiger partial charge in [-0.3, -0.25) is 9.79 Å². The van der Waals surface area contributed by atoms with Crippen molar-refractivity contribution in [1.82, 2.24) is 9.55 Å². The minimum Gasteiger partial charge on any atom is -0.335 e. The van der Waals surface area contributed by atoms with Crippen molar-refractivity contribution in [1.29, 1.82) is 0 Å². The van der Waals surface area contributed by atoms with Crippen molar-refractivity contribution < 1.29 is 4.79 Å². The molecule has 0 N–H and O–H groups in total. The summed E-state index contributed by atoms with van der Waals surface area (Å²) in [4.78, 5) is 20.4. The molecule has 0 bridgehead atoms. The van der Waals surface area contributed by atoms with E-state index in [0.29, 0.717) is 12.4 Å². The molecule has 146 valence electrons. The zero-order valence-electron chi connectivity index (χ0n) is 16.5. The number of ketones is 1. The highest BCUT2D eigenvalue weighted by molar-refractivity contribution is 6.18. The minimum absolute atomic E-state index is 0.0548. The Balaban J connectivity index is 1.64. The molecule has 0 saturated carbocycles. The van der Waals surface area contributed by atoms with Crippen molar-refractivity contribution in [2.75, 3.05) is 12.4 Å². The predicted octanol–water partition coefficient (Wildman–Crippen LogP) is 4.45. The fourth-order valence-electron chi connectivity index (χ4n) is 3.39. The van der Waals surface area contributed by atoms with Crippen LogP contribution >= 0.6 is 11.6 Å². The molecule has 2 aromatic rings. The summed E-state index contributed by atoms with van der Waals surface area (Å²) in [5.41, 5.74) is 5.86. The maximum atomic E-state index is 11.0. The first kappa shape index (κ1) is 20.3. The smallest absolute Gasteiger partial charge is 0.152 e. The molecule has 0 atom stereocenters. The third-order valence-electron chi connectivity index (χ3n) is 4.89. The molecule has 0 amide bonds. The van der Waals surface area contributed by atoms with E-state index in [1.807, 2.05) is 18.2 Å². The first-order valence-corrected chi connectivity index (χ1v) is 10.2. The van der Waals surface area contributed by atoms with Crippen LogP contribution in [-0.2, 0) is 31.1 Å². The third kappa shape index (κ3) is 5.29. The Kier molecular flexibility index (Phi) is 6.99. The van der Waals surface area contributed by atoms with Crippen molar-refractivity contribution >= 4 is 35.2 Å². The highest BCUT2D eigenvalue weighted by atomic mass is 35.5. The molecule has 1 aliphatic rings. The Hall–Kier alpha value is -2.46. The molecule has 1 aromatic carbocycles. The number of halogens is 1. The molecule has 0 unspecified atom stereocenters. The lowest BCUT2D eigenvalue weighted by molar-refractivity contribution is -0.112. The van der Waals surface area contributed by atoms with Crippen molar-refractivity contribution in [3.63, 3.8) is 0 Å². The second-order valence-corrected chi connectivity index (χ2v) is 7.39. The summed E-state index contributed by atoms with van der Waals surface area (Å²) in [5.74, 6) is 1.71. The van der Waals surface area contributed by atoms with E-state index < -0.39 is 0 Å². The van der Waals surface area contributed by atoms with Gasteiger partial charge in [-0.15, -0.1) is 11.6 Å². The summed E-state index contributed by atoms with van der Waals surface area (Å²) >= 11 is 5.74. The topological polar surface area (TPSA) is 47.2 Å². The zero-order valence-corrected chi connectivity index (χ0v) is 17.2. The number of alkyl halides is 1. The van der Waals surface area contributed by atoms with E-state index in [2.05, 4.69) is 40.9 Å². The van der Waals surface area contributed by atoms with E-state index in [1.54, 1.807) is 13.0 Å². The van der Waals surface area contributed by atoms with Crippen LogP contribution in [0.1, 0.15) is 41.7 Å². The standard InChI is InChI=1S/C23H26ClN3O/c1-17(28)6-7-19-10-8-18(9-11-19)4-3-5-23-26-21-16-20(25-15-14-24)12-13-22(21)27(23)2/h3-4,6-11H,5,12-16H2,1-2H3/b4-3+,7-6+,25-20?. The van der Waals surface area contributed by atoms with Gasteiger partial charge in [0.2, 0.25) is 0 Å². The molecule has 0 saturated heterocycles. The van der Waals surface area contributed by atoms with Gasteiger partial charge in [0.1, 0.15) is 5.82 Å². The average molecular weight is 396 g/mol. The highest BCUT2D eigenvalue weighted by Crippen LogP contribution is 2.21. The van der Waals surface area contributed by atoms with Gasteiger partial charge in [-0.2, -0.15) is 0 Å². The quantitative estimate of drug-likeness (QED) is 0.513. The number of fused-ring (bicyclic) bond motifs is 1. The fourth-order valence-corrected chi connectivity index (χ4v) is 3.48. The molecule has 0 aliphatic heterocycles. The van der Waals surface area contributed by atoms with E-state index in [-0.39, 0.29) is 5.78 Å². The largest absolute Gasteiger partial charge is 0.335 e. The number of aliphatic imine (C=N–C) groups is 1. The van der Waals surface area contributed by atoms with Crippen LogP contribution in [0.3, 0.4) is 0 Å². The van der Waals surface area contributed by atoms with Crippen LogP contribution in [0.25, 0.3) is 12.2 Å². The summed E-state index contributed by atoms with van der Waals surface area (Å²) in [6.45, 7) is 2.24. The lowest BCUT2D eigenvalue weighted by Crippen LogP contribution is -2.16. The molecule has 4 nitrogen and oxygen atoms in total. The first-order valence-electron chi connectivity index (χ1n) is 9.63. The lowest BCUT2D eigenvalue weighted by atomic mass is 9.99. The average Bonchev–Trinajstić information content (AvgIpc) is 3.01. The number of hydrogen-bond acceptors (Lipinski definition) is 3. The fraction of sp³-hybridized carbons (Fsp3) is 0.348. The molecule has 3 rings (SSSR count). The summed E-state index contributed by atoms with van der Waals surface area (Å²) in [7, 11) is 2.10. The van der Waals surface area contributed by atoms with Crippen LogP contribution in [0, 0.1) is 0 Å². The van der Waals surface area contributed by atoms with Crippen molar-refractivity contribution in [2.24, 2.45) is 12.0 Å². The number of nitrogens with zero attached hydrogens (tertiary/aromatic N) is 3. The second kappa shape index (κ2) is 9.65. The Labute approximate surface area is 171 Å². The number of imidazole rings is 1. The van der Waals surface area contributed by atoms with Crippen LogP contribution in [-0.4, -0.2) is 33.5 Å². The van der Waals surface area contributed by atoms with Crippen LogP contribution in [0.4, 0.5) is 0 Å². The molecule has 0 spiro atoms. The molecule has 5 heteroatoms. The van der Waals surface area contributed by atoms with Crippen molar-refractivity contribution in [2.45, 2.75) is 32.6 Å². The van der Waals surface area contributed by atoms with E-state index in [1.165, 1.54) is 11.4 Å². The molecule has 1 heterocycles. The Morgan fingerprint density at radius 2 is 1.93 bits per heavy atom. The summed E-state index contributed by atoms with van der Waals surface area (Å²) in [6.07, 6.45) is 11.3. The summed E-state index contributed by atoms with van der Waals surface area (Å²) in [5, 5.41) is 0. The van der Waals surface area contributed by atoms with E-state index in [0.717, 1.165) is 48.3 Å². The second-order valence-electron chi connectivity index (χ2n) is 7.01. The van der Waals surface area contributed by atoms with Gasteiger partial charge in [-0.1, -0.05) is 42.5 Å². The van der Waals surface area contributed by atoms with Gasteiger partial charge < -0.3 is 4.57 Å². The van der Waals surface area contributed by atoms with E-state index >= 15 is 0 Å². The molecular formula is C23H26ClN3O. The Bertz CT molecular complexity index is 920. The molecule has 1 aromatic heterocycles. The number of aromatic nitrogens is 2. The van der Waals surface area contributed by atoms with E-state index in [9.17, 15) is 4.79 Å². The number of allylic oxidation sites excluding steroid dienone is 2. The molecular weight excluding hydrogens is 370 g/mol. The van der Waals surface area contributed by atoms with Crippen LogP contribution in [0.2, 0.25) is 0 Å². The summed E-state index contributed by atoms with van der Waals surface area (Å²) < 4.78 is 2.23. The minimum atomic E-state index is 0.0548. The SMILES string of the molecule is CC(=O)/C=C/c1ccc(/C=C/Cc2nc3c(n2C)CCC(=NCCCl)C3)cc1. The van der Waals surface area contributed by atoms with Gasteiger partial charge in [0.15, 0.2) is 5.78 Å². The number of benzene rings is 1. The number of hydrogen-bond donors (Lipinski definition) is 0. The van der Waals surface area contributed by atoms with Gasteiger partial charge in [0.05, 0.1) is 12.2 Å².